The smallest absolute Gasteiger partial charge is 0.337 e. The van der Waals surface area contributed by atoms with Crippen LogP contribution in [0.4, 0.5) is 23.1 Å². The summed E-state index contributed by atoms with van der Waals surface area (Å²) in [6.45, 7) is 6.06. The van der Waals surface area contributed by atoms with Gasteiger partial charge in [-0.05, 0) is 62.2 Å². The normalized spacial score (nSPS) is 10.4. The minimum atomic E-state index is -0.388. The minimum Gasteiger partial charge on any atom is -0.465 e. The quantitative estimate of drug-likeness (QED) is 0.642. The number of nitrogens with zero attached hydrogens (tertiary/aromatic N) is 2. The van der Waals surface area contributed by atoms with Crippen LogP contribution in [-0.4, -0.2) is 23.0 Å². The summed E-state index contributed by atoms with van der Waals surface area (Å²) in [5, 5.41) is 6.45. The Morgan fingerprint density at radius 1 is 0.889 bits per heavy atom. The molecule has 0 fully saturated rings. The maximum Gasteiger partial charge on any atom is 0.337 e. The van der Waals surface area contributed by atoms with Crippen molar-refractivity contribution < 1.29 is 9.53 Å². The topological polar surface area (TPSA) is 76.1 Å². The number of esters is 1. The van der Waals surface area contributed by atoms with E-state index in [2.05, 4.69) is 46.6 Å². The van der Waals surface area contributed by atoms with Crippen LogP contribution in [0.1, 0.15) is 27.2 Å². The Bertz CT molecular complexity index is 986. The first-order chi connectivity index (χ1) is 12.9. The van der Waals surface area contributed by atoms with E-state index in [1.165, 1.54) is 18.2 Å². The molecule has 0 atom stereocenters. The SMILES string of the molecule is COC(=O)c1cccc(Nc2nc(C)cc(Nc3ccc(C)c(C)c3)n2)c1. The number of carbonyl (C=O) groups is 1. The maximum atomic E-state index is 11.7. The van der Waals surface area contributed by atoms with E-state index >= 15 is 0 Å². The summed E-state index contributed by atoms with van der Waals surface area (Å²) in [6.07, 6.45) is 0. The van der Waals surface area contributed by atoms with E-state index in [4.69, 9.17) is 4.74 Å². The largest absolute Gasteiger partial charge is 0.465 e. The van der Waals surface area contributed by atoms with Crippen LogP contribution >= 0.6 is 0 Å². The van der Waals surface area contributed by atoms with Crippen LogP contribution in [0.3, 0.4) is 0 Å². The van der Waals surface area contributed by atoms with Gasteiger partial charge in [0, 0.05) is 23.1 Å². The third kappa shape index (κ3) is 4.61. The molecule has 0 aliphatic rings. The van der Waals surface area contributed by atoms with Crippen LogP contribution in [0.25, 0.3) is 0 Å². The van der Waals surface area contributed by atoms with Gasteiger partial charge in [-0.1, -0.05) is 12.1 Å². The highest BCUT2D eigenvalue weighted by Crippen LogP contribution is 2.21. The lowest BCUT2D eigenvalue weighted by Gasteiger charge is -2.11. The highest BCUT2D eigenvalue weighted by molar-refractivity contribution is 5.90. The van der Waals surface area contributed by atoms with E-state index in [0.29, 0.717) is 23.0 Å². The molecule has 0 unspecified atom stereocenters. The van der Waals surface area contributed by atoms with Crippen molar-refractivity contribution in [3.05, 3.63) is 70.9 Å². The number of nitrogens with one attached hydrogen (secondary N) is 2. The first kappa shape index (κ1) is 18.4. The second-order valence-electron chi connectivity index (χ2n) is 6.34. The van der Waals surface area contributed by atoms with Crippen molar-refractivity contribution in [2.75, 3.05) is 17.7 Å². The summed E-state index contributed by atoms with van der Waals surface area (Å²) in [7, 11) is 1.36. The number of rotatable bonds is 5. The second-order valence-corrected chi connectivity index (χ2v) is 6.34. The van der Waals surface area contributed by atoms with Crippen LogP contribution in [0, 0.1) is 20.8 Å². The molecule has 0 spiro atoms. The van der Waals surface area contributed by atoms with Crippen LogP contribution in [-0.2, 0) is 4.74 Å². The number of hydrogen-bond acceptors (Lipinski definition) is 6. The maximum absolute atomic E-state index is 11.7. The van der Waals surface area contributed by atoms with Crippen LogP contribution in [0.2, 0.25) is 0 Å². The van der Waals surface area contributed by atoms with E-state index in [0.717, 1.165) is 11.4 Å². The van der Waals surface area contributed by atoms with Crippen molar-refractivity contribution in [2.45, 2.75) is 20.8 Å². The molecule has 0 saturated carbocycles. The van der Waals surface area contributed by atoms with Gasteiger partial charge in [0.15, 0.2) is 0 Å². The molecule has 2 N–H and O–H groups in total. The van der Waals surface area contributed by atoms with Crippen LogP contribution < -0.4 is 10.6 Å². The van der Waals surface area contributed by atoms with Crippen molar-refractivity contribution in [1.29, 1.82) is 0 Å². The molecular weight excluding hydrogens is 340 g/mol. The van der Waals surface area contributed by atoms with Crippen molar-refractivity contribution in [3.8, 4) is 0 Å². The number of hydrogen-bond donors (Lipinski definition) is 2. The van der Waals surface area contributed by atoms with Gasteiger partial charge in [0.05, 0.1) is 12.7 Å². The molecule has 0 radical (unpaired) electrons. The van der Waals surface area contributed by atoms with E-state index in [1.54, 1.807) is 18.2 Å². The molecule has 1 heterocycles. The summed E-state index contributed by atoms with van der Waals surface area (Å²) in [5.41, 5.74) is 5.41. The van der Waals surface area contributed by atoms with Crippen molar-refractivity contribution in [2.24, 2.45) is 0 Å². The Hall–Kier alpha value is -3.41. The van der Waals surface area contributed by atoms with Gasteiger partial charge in [0.2, 0.25) is 5.95 Å². The Balaban J connectivity index is 1.83. The third-order valence-electron chi connectivity index (χ3n) is 4.17. The fraction of sp³-hybridized carbons (Fsp3) is 0.190. The average molecular weight is 362 g/mol. The van der Waals surface area contributed by atoms with E-state index in [1.807, 2.05) is 25.1 Å². The van der Waals surface area contributed by atoms with Gasteiger partial charge < -0.3 is 15.4 Å². The second kappa shape index (κ2) is 7.86. The lowest BCUT2D eigenvalue weighted by atomic mass is 10.1. The molecule has 1 aromatic heterocycles. The molecule has 3 rings (SSSR count). The van der Waals surface area contributed by atoms with Gasteiger partial charge in [-0.2, -0.15) is 4.98 Å². The zero-order chi connectivity index (χ0) is 19.4. The summed E-state index contributed by atoms with van der Waals surface area (Å²) in [6, 6.07) is 15.1. The number of aryl methyl sites for hydroxylation is 3. The van der Waals surface area contributed by atoms with Crippen LogP contribution in [0.15, 0.2) is 48.5 Å². The number of carbonyl (C=O) groups excluding carboxylic acids is 1. The molecule has 0 saturated heterocycles. The molecule has 6 heteroatoms. The highest BCUT2D eigenvalue weighted by Gasteiger charge is 2.08. The molecule has 6 nitrogen and oxygen atoms in total. The Morgan fingerprint density at radius 3 is 2.41 bits per heavy atom. The zero-order valence-corrected chi connectivity index (χ0v) is 15.8. The van der Waals surface area contributed by atoms with E-state index in [-0.39, 0.29) is 5.97 Å². The highest BCUT2D eigenvalue weighted by atomic mass is 16.5. The summed E-state index contributed by atoms with van der Waals surface area (Å²) in [4.78, 5) is 20.6. The number of aromatic nitrogens is 2. The molecule has 0 bridgehead atoms. The zero-order valence-electron chi connectivity index (χ0n) is 15.8. The fourth-order valence-electron chi connectivity index (χ4n) is 2.63. The number of benzene rings is 2. The van der Waals surface area contributed by atoms with Gasteiger partial charge in [0.25, 0.3) is 0 Å². The van der Waals surface area contributed by atoms with Crippen molar-refractivity contribution in [3.63, 3.8) is 0 Å². The number of ether oxygens (including phenoxy) is 1. The molecule has 138 valence electrons. The molecule has 0 amide bonds. The predicted molar refractivity (Wildman–Crippen MR) is 107 cm³/mol. The van der Waals surface area contributed by atoms with Crippen molar-refractivity contribution in [1.82, 2.24) is 9.97 Å². The molecule has 27 heavy (non-hydrogen) atoms. The van der Waals surface area contributed by atoms with Gasteiger partial charge in [0.1, 0.15) is 5.82 Å². The first-order valence-electron chi connectivity index (χ1n) is 8.60. The molecule has 2 aromatic carbocycles. The lowest BCUT2D eigenvalue weighted by Crippen LogP contribution is -2.04. The Kier molecular flexibility index (Phi) is 5.35. The first-order valence-corrected chi connectivity index (χ1v) is 8.60. The molecule has 0 aliphatic heterocycles. The van der Waals surface area contributed by atoms with Gasteiger partial charge >= 0.3 is 5.97 Å². The van der Waals surface area contributed by atoms with E-state index in [9.17, 15) is 4.79 Å². The number of anilines is 4. The fourth-order valence-corrected chi connectivity index (χ4v) is 2.63. The van der Waals surface area contributed by atoms with E-state index < -0.39 is 0 Å². The van der Waals surface area contributed by atoms with Crippen molar-refractivity contribution >= 4 is 29.1 Å². The Labute approximate surface area is 158 Å². The predicted octanol–water partition coefficient (Wildman–Crippen LogP) is 4.68. The summed E-state index contributed by atoms with van der Waals surface area (Å²) in [5.74, 6) is 0.752. The Morgan fingerprint density at radius 2 is 1.67 bits per heavy atom. The standard InChI is InChI=1S/C21H22N4O2/c1-13-8-9-18(10-14(13)2)23-19-11-15(3)22-21(25-19)24-17-7-5-6-16(12-17)20(26)27-4/h5-12H,1-4H3,(H2,22,23,24,25). The number of methoxy groups -OCH3 is 1. The molecule has 0 aliphatic carbocycles. The van der Waals surface area contributed by atoms with Gasteiger partial charge in [-0.3, -0.25) is 0 Å². The third-order valence-corrected chi connectivity index (χ3v) is 4.17. The lowest BCUT2D eigenvalue weighted by molar-refractivity contribution is 0.0601. The molecule has 3 aromatic rings. The molecular formula is C21H22N4O2. The van der Waals surface area contributed by atoms with Gasteiger partial charge in [-0.25, -0.2) is 9.78 Å². The average Bonchev–Trinajstić information content (AvgIpc) is 2.64. The summed E-state index contributed by atoms with van der Waals surface area (Å²) < 4.78 is 4.76. The minimum absolute atomic E-state index is 0.388. The van der Waals surface area contributed by atoms with Gasteiger partial charge in [-0.15, -0.1) is 0 Å². The monoisotopic (exact) mass is 362 g/mol. The summed E-state index contributed by atoms with van der Waals surface area (Å²) >= 11 is 0. The van der Waals surface area contributed by atoms with Crippen LogP contribution in [0.5, 0.6) is 0 Å².